The average molecular weight is 360 g/mol. The number of fused-ring (bicyclic) bond motifs is 2. The fraction of sp³-hybridized carbons (Fsp3) is 0.667. The van der Waals surface area contributed by atoms with Crippen molar-refractivity contribution in [3.63, 3.8) is 0 Å². The third-order valence-electron chi connectivity index (χ3n) is 6.00. The van der Waals surface area contributed by atoms with Gasteiger partial charge in [0, 0.05) is 31.2 Å². The van der Waals surface area contributed by atoms with E-state index >= 15 is 0 Å². The molecule has 5 nitrogen and oxygen atoms in total. The van der Waals surface area contributed by atoms with Gasteiger partial charge in [-0.3, -0.25) is 4.79 Å². The van der Waals surface area contributed by atoms with Crippen LogP contribution in [0.25, 0.3) is 0 Å². The molecule has 2 fully saturated rings. The molecule has 3 N–H and O–H groups in total. The summed E-state index contributed by atoms with van der Waals surface area (Å²) in [5.41, 5.74) is 8.49. The zero-order chi connectivity index (χ0) is 18.5. The largest absolute Gasteiger partial charge is 0.491 e. The number of nitrogens with two attached hydrogens (primary N) is 1. The zero-order valence-corrected chi connectivity index (χ0v) is 16.0. The molecule has 0 radical (unpaired) electrons. The van der Waals surface area contributed by atoms with Crippen molar-refractivity contribution in [3.8, 4) is 5.75 Å². The van der Waals surface area contributed by atoms with Crippen molar-refractivity contribution in [3.05, 3.63) is 29.3 Å². The van der Waals surface area contributed by atoms with Crippen LogP contribution in [0, 0.1) is 24.7 Å². The van der Waals surface area contributed by atoms with E-state index < -0.39 is 0 Å². The first kappa shape index (κ1) is 19.2. The summed E-state index contributed by atoms with van der Waals surface area (Å²) in [5, 5.41) is 3.13. The third kappa shape index (κ3) is 4.57. The van der Waals surface area contributed by atoms with Crippen molar-refractivity contribution in [2.75, 3.05) is 20.3 Å². The highest BCUT2D eigenvalue weighted by Crippen LogP contribution is 2.41. The molecule has 2 bridgehead atoms. The molecule has 3 rings (SSSR count). The van der Waals surface area contributed by atoms with Gasteiger partial charge >= 0.3 is 0 Å². The molecule has 2 aliphatic carbocycles. The Balaban J connectivity index is 1.57. The number of amides is 1. The van der Waals surface area contributed by atoms with E-state index in [1.165, 1.54) is 19.3 Å². The standard InChI is InChI=1S/C21H32N2O3/c1-14-6-7-17(19(10-14)26-9-8-25-2)13-23-21(24)18-11-15-4-3-5-16(12-18)20(15)22/h6-7,10,15-16,18,20H,3-5,8-9,11-13,22H2,1-2H3,(H,23,24). The van der Waals surface area contributed by atoms with Crippen LogP contribution in [0.1, 0.15) is 43.2 Å². The van der Waals surface area contributed by atoms with E-state index in [4.69, 9.17) is 15.2 Å². The Morgan fingerprint density at radius 2 is 1.96 bits per heavy atom. The Bertz CT molecular complexity index is 605. The van der Waals surface area contributed by atoms with Crippen LogP contribution in [0.4, 0.5) is 0 Å². The quantitative estimate of drug-likeness (QED) is 0.733. The Morgan fingerprint density at radius 1 is 1.23 bits per heavy atom. The Hall–Kier alpha value is -1.59. The Morgan fingerprint density at radius 3 is 2.65 bits per heavy atom. The van der Waals surface area contributed by atoms with E-state index in [0.717, 1.165) is 29.7 Å². The predicted octanol–water partition coefficient (Wildman–Crippen LogP) is 2.79. The van der Waals surface area contributed by atoms with Gasteiger partial charge in [-0.1, -0.05) is 18.6 Å². The van der Waals surface area contributed by atoms with Gasteiger partial charge in [0.25, 0.3) is 0 Å². The number of methoxy groups -OCH3 is 1. The van der Waals surface area contributed by atoms with Crippen LogP contribution in [0.5, 0.6) is 5.75 Å². The number of carbonyl (C=O) groups is 1. The van der Waals surface area contributed by atoms with Gasteiger partial charge in [-0.2, -0.15) is 0 Å². The normalized spacial score (nSPS) is 27.8. The van der Waals surface area contributed by atoms with Crippen LogP contribution in [0.15, 0.2) is 18.2 Å². The Kier molecular flexibility index (Phi) is 6.54. The first-order valence-electron chi connectivity index (χ1n) is 9.83. The minimum atomic E-state index is 0.105. The molecule has 0 aliphatic heterocycles. The van der Waals surface area contributed by atoms with E-state index in [2.05, 4.69) is 11.4 Å². The third-order valence-corrected chi connectivity index (χ3v) is 6.00. The number of rotatable bonds is 7. The molecular weight excluding hydrogens is 328 g/mol. The lowest BCUT2D eigenvalue weighted by atomic mass is 9.65. The molecule has 2 saturated carbocycles. The highest BCUT2D eigenvalue weighted by molar-refractivity contribution is 5.78. The molecular formula is C21H32N2O3. The topological polar surface area (TPSA) is 73.6 Å². The molecule has 26 heavy (non-hydrogen) atoms. The Labute approximate surface area is 156 Å². The van der Waals surface area contributed by atoms with Crippen molar-refractivity contribution in [2.45, 2.75) is 51.6 Å². The predicted molar refractivity (Wildman–Crippen MR) is 102 cm³/mol. The summed E-state index contributed by atoms with van der Waals surface area (Å²) in [6.45, 7) is 3.59. The van der Waals surface area contributed by atoms with Gasteiger partial charge in [0.15, 0.2) is 0 Å². The van der Waals surface area contributed by atoms with Crippen LogP contribution < -0.4 is 15.8 Å². The van der Waals surface area contributed by atoms with Gasteiger partial charge in [0.05, 0.1) is 6.61 Å². The molecule has 144 valence electrons. The van der Waals surface area contributed by atoms with Crippen LogP contribution in [-0.2, 0) is 16.1 Å². The first-order chi connectivity index (χ1) is 12.6. The van der Waals surface area contributed by atoms with Gasteiger partial charge in [-0.15, -0.1) is 0 Å². The van der Waals surface area contributed by atoms with Gasteiger partial charge in [-0.25, -0.2) is 0 Å². The number of ether oxygens (including phenoxy) is 2. The van der Waals surface area contributed by atoms with E-state index in [1.54, 1.807) is 7.11 Å². The number of nitrogens with one attached hydrogen (secondary N) is 1. The summed E-state index contributed by atoms with van der Waals surface area (Å²) in [4.78, 5) is 12.7. The molecule has 0 aromatic heterocycles. The van der Waals surface area contributed by atoms with E-state index in [0.29, 0.717) is 37.6 Å². The monoisotopic (exact) mass is 360 g/mol. The zero-order valence-electron chi connectivity index (χ0n) is 16.0. The van der Waals surface area contributed by atoms with Gasteiger partial charge in [0.2, 0.25) is 5.91 Å². The summed E-state index contributed by atoms with van der Waals surface area (Å²) in [5.74, 6) is 2.13. The highest BCUT2D eigenvalue weighted by Gasteiger charge is 2.40. The lowest BCUT2D eigenvalue weighted by Crippen LogP contribution is -2.49. The van der Waals surface area contributed by atoms with Crippen LogP contribution >= 0.6 is 0 Å². The minimum Gasteiger partial charge on any atom is -0.491 e. The maximum absolute atomic E-state index is 12.7. The van der Waals surface area contributed by atoms with Crippen molar-refractivity contribution < 1.29 is 14.3 Å². The second-order valence-corrected chi connectivity index (χ2v) is 7.87. The van der Waals surface area contributed by atoms with Crippen molar-refractivity contribution >= 4 is 5.91 Å². The lowest BCUT2D eigenvalue weighted by molar-refractivity contribution is -0.128. The molecule has 2 unspecified atom stereocenters. The number of hydrogen-bond donors (Lipinski definition) is 2. The van der Waals surface area contributed by atoms with E-state index in [-0.39, 0.29) is 11.8 Å². The summed E-state index contributed by atoms with van der Waals surface area (Å²) in [7, 11) is 1.66. The minimum absolute atomic E-state index is 0.105. The molecule has 1 aromatic carbocycles. The summed E-state index contributed by atoms with van der Waals surface area (Å²) >= 11 is 0. The second-order valence-electron chi connectivity index (χ2n) is 7.87. The molecule has 0 spiro atoms. The smallest absolute Gasteiger partial charge is 0.223 e. The van der Waals surface area contributed by atoms with Crippen molar-refractivity contribution in [1.29, 1.82) is 0 Å². The van der Waals surface area contributed by atoms with Crippen molar-refractivity contribution in [1.82, 2.24) is 5.32 Å². The molecule has 0 heterocycles. The maximum Gasteiger partial charge on any atom is 0.223 e. The summed E-state index contributed by atoms with van der Waals surface area (Å²) < 4.78 is 10.9. The van der Waals surface area contributed by atoms with Gasteiger partial charge in [-0.05, 0) is 56.1 Å². The first-order valence-corrected chi connectivity index (χ1v) is 9.83. The fourth-order valence-corrected chi connectivity index (χ4v) is 4.51. The van der Waals surface area contributed by atoms with Gasteiger partial charge in [0.1, 0.15) is 12.4 Å². The molecule has 2 aliphatic rings. The number of benzene rings is 1. The summed E-state index contributed by atoms with van der Waals surface area (Å²) in [6, 6.07) is 6.39. The highest BCUT2D eigenvalue weighted by atomic mass is 16.5. The summed E-state index contributed by atoms with van der Waals surface area (Å²) in [6.07, 6.45) is 5.50. The lowest BCUT2D eigenvalue weighted by Gasteiger charge is -2.43. The molecule has 1 amide bonds. The molecule has 2 atom stereocenters. The second kappa shape index (κ2) is 8.87. The maximum atomic E-state index is 12.7. The van der Waals surface area contributed by atoms with Crippen LogP contribution in [-0.4, -0.2) is 32.3 Å². The SMILES string of the molecule is COCCOc1cc(C)ccc1CNC(=O)C1CC2CCCC(C1)C2N. The number of aryl methyl sites for hydroxylation is 1. The van der Waals surface area contributed by atoms with E-state index in [9.17, 15) is 4.79 Å². The molecule has 1 aromatic rings. The van der Waals surface area contributed by atoms with Crippen LogP contribution in [0.2, 0.25) is 0 Å². The van der Waals surface area contributed by atoms with Crippen LogP contribution in [0.3, 0.4) is 0 Å². The fourth-order valence-electron chi connectivity index (χ4n) is 4.51. The molecule has 5 heteroatoms. The van der Waals surface area contributed by atoms with Crippen molar-refractivity contribution in [2.24, 2.45) is 23.5 Å². The number of carbonyl (C=O) groups excluding carboxylic acids is 1. The number of hydrogen-bond acceptors (Lipinski definition) is 4. The average Bonchev–Trinajstić information content (AvgIpc) is 2.61. The molecule has 0 saturated heterocycles. The van der Waals surface area contributed by atoms with E-state index in [1.807, 2.05) is 19.1 Å². The van der Waals surface area contributed by atoms with Gasteiger partial charge < -0.3 is 20.5 Å².